The SMILES string of the molecule is Cc1ccc(CNc2nc(-c3ccco3)nn2S(=O)(=O)c2ccc(C)cc2)cc1. The van der Waals surface area contributed by atoms with Gasteiger partial charge in [-0.05, 0) is 43.7 Å². The van der Waals surface area contributed by atoms with Crippen molar-refractivity contribution in [1.29, 1.82) is 0 Å². The average molecular weight is 408 g/mol. The summed E-state index contributed by atoms with van der Waals surface area (Å²) >= 11 is 0. The minimum atomic E-state index is -3.93. The van der Waals surface area contributed by atoms with E-state index in [1.165, 1.54) is 6.26 Å². The van der Waals surface area contributed by atoms with E-state index in [1.807, 2.05) is 38.1 Å². The van der Waals surface area contributed by atoms with Gasteiger partial charge >= 0.3 is 0 Å². The molecule has 8 heteroatoms. The van der Waals surface area contributed by atoms with Crippen molar-refractivity contribution >= 4 is 16.0 Å². The van der Waals surface area contributed by atoms with E-state index in [0.29, 0.717) is 12.3 Å². The molecule has 2 heterocycles. The van der Waals surface area contributed by atoms with Crippen LogP contribution < -0.4 is 5.32 Å². The number of hydrogen-bond donors (Lipinski definition) is 1. The van der Waals surface area contributed by atoms with Gasteiger partial charge in [-0.15, -0.1) is 9.19 Å². The van der Waals surface area contributed by atoms with Gasteiger partial charge < -0.3 is 9.73 Å². The Morgan fingerprint density at radius 1 is 0.966 bits per heavy atom. The molecule has 0 saturated heterocycles. The number of furan rings is 1. The summed E-state index contributed by atoms with van der Waals surface area (Å²) in [6, 6.07) is 17.9. The van der Waals surface area contributed by atoms with Gasteiger partial charge in [-0.3, -0.25) is 0 Å². The van der Waals surface area contributed by atoms with Crippen molar-refractivity contribution in [2.75, 3.05) is 5.32 Å². The third-order valence-corrected chi connectivity index (χ3v) is 6.02. The van der Waals surface area contributed by atoms with Crippen molar-refractivity contribution in [3.63, 3.8) is 0 Å². The summed E-state index contributed by atoms with van der Waals surface area (Å²) in [6.07, 6.45) is 1.49. The minimum absolute atomic E-state index is 0.123. The molecule has 4 rings (SSSR count). The number of nitrogens with one attached hydrogen (secondary N) is 1. The molecule has 0 atom stereocenters. The van der Waals surface area contributed by atoms with E-state index in [2.05, 4.69) is 15.4 Å². The predicted octanol–water partition coefficient (Wildman–Crippen LogP) is 4.00. The molecule has 0 amide bonds. The van der Waals surface area contributed by atoms with Crippen molar-refractivity contribution in [2.24, 2.45) is 0 Å². The number of aromatic nitrogens is 3. The Hall–Kier alpha value is -3.39. The standard InChI is InChI=1S/C21H20N4O3S/c1-15-5-9-17(10-6-15)14-22-21-23-20(19-4-3-13-28-19)24-25(21)29(26,27)18-11-7-16(2)8-12-18/h3-13H,14H2,1-2H3,(H,22,23,24). The van der Waals surface area contributed by atoms with Crippen LogP contribution >= 0.6 is 0 Å². The molecule has 4 aromatic rings. The van der Waals surface area contributed by atoms with Crippen LogP contribution in [0.3, 0.4) is 0 Å². The van der Waals surface area contributed by atoms with E-state index in [0.717, 1.165) is 20.8 Å². The number of nitrogens with zero attached hydrogens (tertiary/aromatic N) is 3. The molecule has 0 bridgehead atoms. The predicted molar refractivity (Wildman–Crippen MR) is 110 cm³/mol. The highest BCUT2D eigenvalue weighted by Gasteiger charge is 2.25. The topological polar surface area (TPSA) is 90.0 Å². The Morgan fingerprint density at radius 2 is 1.62 bits per heavy atom. The lowest BCUT2D eigenvalue weighted by molar-refractivity contribution is 0.573. The van der Waals surface area contributed by atoms with Gasteiger partial charge in [0.2, 0.25) is 11.8 Å². The molecule has 1 N–H and O–H groups in total. The van der Waals surface area contributed by atoms with E-state index < -0.39 is 10.0 Å². The van der Waals surface area contributed by atoms with Crippen LogP contribution in [0, 0.1) is 13.8 Å². The molecular weight excluding hydrogens is 388 g/mol. The number of hydrogen-bond acceptors (Lipinski definition) is 6. The molecule has 0 fully saturated rings. The largest absolute Gasteiger partial charge is 0.461 e. The molecule has 0 aliphatic heterocycles. The molecule has 0 radical (unpaired) electrons. The average Bonchev–Trinajstić information content (AvgIpc) is 3.38. The van der Waals surface area contributed by atoms with E-state index in [1.54, 1.807) is 36.4 Å². The fourth-order valence-corrected chi connectivity index (χ4v) is 3.98. The van der Waals surface area contributed by atoms with Gasteiger partial charge in [0.15, 0.2) is 5.76 Å². The Balaban J connectivity index is 1.73. The van der Waals surface area contributed by atoms with Gasteiger partial charge in [-0.25, -0.2) is 0 Å². The van der Waals surface area contributed by atoms with Crippen LogP contribution in [0.5, 0.6) is 0 Å². The Kier molecular flexibility index (Phi) is 4.94. The Morgan fingerprint density at radius 3 is 2.24 bits per heavy atom. The summed E-state index contributed by atoms with van der Waals surface area (Å²) in [4.78, 5) is 4.50. The van der Waals surface area contributed by atoms with E-state index in [4.69, 9.17) is 4.42 Å². The third-order valence-electron chi connectivity index (χ3n) is 4.44. The summed E-state index contributed by atoms with van der Waals surface area (Å²) in [5.74, 6) is 0.705. The van der Waals surface area contributed by atoms with E-state index in [9.17, 15) is 8.42 Å². The van der Waals surface area contributed by atoms with Gasteiger partial charge in [0, 0.05) is 6.54 Å². The van der Waals surface area contributed by atoms with Gasteiger partial charge in [-0.1, -0.05) is 47.5 Å². The lowest BCUT2D eigenvalue weighted by Crippen LogP contribution is -2.18. The first-order valence-corrected chi connectivity index (χ1v) is 10.5. The van der Waals surface area contributed by atoms with Crippen molar-refractivity contribution in [3.05, 3.63) is 83.6 Å². The number of benzene rings is 2. The molecule has 7 nitrogen and oxygen atoms in total. The molecule has 0 aliphatic carbocycles. The molecule has 0 unspecified atom stereocenters. The maximum Gasteiger partial charge on any atom is 0.286 e. The van der Waals surface area contributed by atoms with E-state index >= 15 is 0 Å². The highest BCUT2D eigenvalue weighted by atomic mass is 32.2. The third kappa shape index (κ3) is 3.93. The second-order valence-electron chi connectivity index (χ2n) is 6.74. The zero-order chi connectivity index (χ0) is 20.4. The van der Waals surface area contributed by atoms with Crippen LogP contribution in [-0.4, -0.2) is 22.6 Å². The van der Waals surface area contributed by atoms with Crippen molar-refractivity contribution in [3.8, 4) is 11.6 Å². The molecule has 2 aromatic carbocycles. The smallest absolute Gasteiger partial charge is 0.286 e. The Labute approximate surface area is 169 Å². The molecule has 0 aliphatic rings. The minimum Gasteiger partial charge on any atom is -0.461 e. The van der Waals surface area contributed by atoms with Crippen LogP contribution in [-0.2, 0) is 16.6 Å². The first-order chi connectivity index (χ1) is 13.9. The summed E-state index contributed by atoms with van der Waals surface area (Å²) in [5, 5.41) is 7.30. The maximum atomic E-state index is 13.2. The number of aryl methyl sites for hydroxylation is 2. The lowest BCUT2D eigenvalue weighted by atomic mass is 10.1. The van der Waals surface area contributed by atoms with Gasteiger partial charge in [0.25, 0.3) is 10.0 Å². The second-order valence-corrected chi connectivity index (χ2v) is 8.50. The van der Waals surface area contributed by atoms with E-state index in [-0.39, 0.29) is 16.7 Å². The van der Waals surface area contributed by atoms with Crippen molar-refractivity contribution in [1.82, 2.24) is 14.2 Å². The van der Waals surface area contributed by atoms with Crippen LogP contribution in [0.1, 0.15) is 16.7 Å². The fourth-order valence-electron chi connectivity index (χ4n) is 2.78. The van der Waals surface area contributed by atoms with Crippen LogP contribution in [0.4, 0.5) is 5.95 Å². The summed E-state index contributed by atoms with van der Waals surface area (Å²) < 4.78 is 32.6. The first-order valence-electron chi connectivity index (χ1n) is 9.06. The van der Waals surface area contributed by atoms with Gasteiger partial charge in [-0.2, -0.15) is 13.4 Å². The zero-order valence-corrected chi connectivity index (χ0v) is 16.8. The molecule has 0 saturated carbocycles. The van der Waals surface area contributed by atoms with Crippen molar-refractivity contribution in [2.45, 2.75) is 25.3 Å². The molecule has 148 valence electrons. The fraction of sp³-hybridized carbons (Fsp3) is 0.143. The zero-order valence-electron chi connectivity index (χ0n) is 16.0. The number of anilines is 1. The summed E-state index contributed by atoms with van der Waals surface area (Å²) in [7, 11) is -3.93. The maximum absolute atomic E-state index is 13.2. The summed E-state index contributed by atoms with van der Waals surface area (Å²) in [5.41, 5.74) is 3.12. The van der Waals surface area contributed by atoms with Crippen LogP contribution in [0.25, 0.3) is 11.6 Å². The summed E-state index contributed by atoms with van der Waals surface area (Å²) in [6.45, 7) is 4.31. The molecular formula is C21H20N4O3S. The second kappa shape index (κ2) is 7.56. The highest BCUT2D eigenvalue weighted by Crippen LogP contribution is 2.23. The molecule has 29 heavy (non-hydrogen) atoms. The van der Waals surface area contributed by atoms with Crippen LogP contribution in [0.2, 0.25) is 0 Å². The monoisotopic (exact) mass is 408 g/mol. The number of rotatable bonds is 6. The first kappa shape index (κ1) is 18.9. The van der Waals surface area contributed by atoms with Crippen molar-refractivity contribution < 1.29 is 12.8 Å². The highest BCUT2D eigenvalue weighted by molar-refractivity contribution is 7.90. The van der Waals surface area contributed by atoms with Crippen LogP contribution in [0.15, 0.2) is 76.2 Å². The Bertz CT molecular complexity index is 1210. The lowest BCUT2D eigenvalue weighted by Gasteiger charge is -2.09. The van der Waals surface area contributed by atoms with Gasteiger partial charge in [0.05, 0.1) is 11.2 Å². The molecule has 2 aromatic heterocycles. The normalized spacial score (nSPS) is 11.5. The van der Waals surface area contributed by atoms with Gasteiger partial charge in [0.1, 0.15) is 0 Å². The molecule has 0 spiro atoms. The quantitative estimate of drug-likeness (QED) is 0.519.